The SMILES string of the molecule is C.CCOO.S.[2H]c1c([2H])c([2H])c([C@]([2H])(O)C([2H])([2H])C#N)c([2H])c1[2H].[2H]c1c([2H])c([2H])c([C@]([2H])(O)C([2H])([2H])OS(=O)(=O)c2ccc(C)cc2)c([2H])c1[2H].[C-]#N.[Na+]. The number of nitrogens with zero attached hydrogens (tertiary/aromatic N) is 2. The third kappa shape index (κ3) is 18.9. The Morgan fingerprint density at radius 3 is 1.77 bits per heavy atom. The van der Waals surface area contributed by atoms with Crippen molar-refractivity contribution in [3.05, 3.63) is 108 Å². The molecule has 0 aliphatic rings. The molecule has 0 aliphatic heterocycles. The first-order valence-electron chi connectivity index (χ1n) is 17.6. The maximum Gasteiger partial charge on any atom is 1.00 e. The summed E-state index contributed by atoms with van der Waals surface area (Å²) >= 11 is 0. The summed E-state index contributed by atoms with van der Waals surface area (Å²) in [4.78, 5) is 3.10. The van der Waals surface area contributed by atoms with E-state index in [2.05, 4.69) is 9.07 Å². The summed E-state index contributed by atoms with van der Waals surface area (Å²) in [6.07, 6.45) is -10.1. The molecule has 0 unspecified atom stereocenters. The fraction of sp³-hybridized carbons (Fsp3) is 0.286. The van der Waals surface area contributed by atoms with Crippen molar-refractivity contribution in [2.45, 2.75) is 44.7 Å². The second-order valence-electron chi connectivity index (χ2n) is 5.80. The van der Waals surface area contributed by atoms with Crippen molar-refractivity contribution in [3.63, 3.8) is 0 Å². The molecule has 0 aliphatic carbocycles. The summed E-state index contributed by atoms with van der Waals surface area (Å²) in [5.74, 6) is 0. The molecule has 3 aromatic carbocycles. The molecule has 2 atom stereocenters. The van der Waals surface area contributed by atoms with Crippen molar-refractivity contribution in [1.82, 2.24) is 0 Å². The number of hydrogen-bond donors (Lipinski definition) is 3. The molecule has 0 radical (unpaired) electrons. The van der Waals surface area contributed by atoms with Gasteiger partial charge in [-0.15, -0.1) is 0 Å². The van der Waals surface area contributed by atoms with Crippen molar-refractivity contribution in [2.24, 2.45) is 0 Å². The third-order valence-corrected chi connectivity index (χ3v) is 4.49. The Labute approximate surface area is 289 Å². The van der Waals surface area contributed by atoms with Crippen molar-refractivity contribution in [2.75, 3.05) is 13.2 Å². The molecule has 214 valence electrons. The van der Waals surface area contributed by atoms with Gasteiger partial charge in [0.15, 0.2) is 0 Å². The van der Waals surface area contributed by atoms with E-state index in [1.165, 1.54) is 12.1 Å². The van der Waals surface area contributed by atoms with E-state index in [4.69, 9.17) is 44.3 Å². The van der Waals surface area contributed by atoms with Gasteiger partial charge < -0.3 is 22.0 Å². The molecule has 0 amide bonds. The van der Waals surface area contributed by atoms with Crippen LogP contribution >= 0.6 is 13.5 Å². The van der Waals surface area contributed by atoms with Gasteiger partial charge in [0.2, 0.25) is 0 Å². The van der Waals surface area contributed by atoms with Gasteiger partial charge in [-0.25, -0.2) is 4.89 Å². The number of aryl methyl sites for hydroxylation is 1. The van der Waals surface area contributed by atoms with Crippen LogP contribution in [0.25, 0.3) is 0 Å². The molecule has 0 saturated carbocycles. The van der Waals surface area contributed by atoms with Crippen LogP contribution in [0, 0.1) is 30.1 Å². The zero-order valence-corrected chi connectivity index (χ0v) is 24.6. The summed E-state index contributed by atoms with van der Waals surface area (Å²) in [5.41, 5.74) is -1.40. The molecule has 9 nitrogen and oxygen atoms in total. The van der Waals surface area contributed by atoms with Crippen LogP contribution in [-0.4, -0.2) is 37.1 Å². The van der Waals surface area contributed by atoms with Crippen molar-refractivity contribution >= 4 is 23.6 Å². The van der Waals surface area contributed by atoms with Crippen LogP contribution in [0.3, 0.4) is 0 Å². The normalized spacial score (nSPS) is 18.6. The number of rotatable bonds is 8. The Morgan fingerprint density at radius 2 is 1.40 bits per heavy atom. The van der Waals surface area contributed by atoms with E-state index in [1.807, 2.05) is 0 Å². The minimum absolute atomic E-state index is 0. The van der Waals surface area contributed by atoms with Gasteiger partial charge in [0.1, 0.15) is 6.08 Å². The third-order valence-electron chi connectivity index (χ3n) is 3.33. The van der Waals surface area contributed by atoms with Crippen LogP contribution in [0.2, 0.25) is 0 Å². The van der Waals surface area contributed by atoms with Gasteiger partial charge >= 0.3 is 29.6 Å². The fourth-order valence-corrected chi connectivity index (χ4v) is 2.50. The Balaban J connectivity index is -0.000000423. The van der Waals surface area contributed by atoms with Gasteiger partial charge in [-0.3, -0.25) is 9.44 Å². The molecule has 40 heavy (non-hydrogen) atoms. The van der Waals surface area contributed by atoms with Crippen molar-refractivity contribution < 1.29 is 84.4 Å². The van der Waals surface area contributed by atoms with Crippen LogP contribution < -0.4 is 29.6 Å². The second-order valence-corrected chi connectivity index (χ2v) is 7.35. The van der Waals surface area contributed by atoms with Crippen molar-refractivity contribution in [3.8, 4) is 6.07 Å². The summed E-state index contributed by atoms with van der Waals surface area (Å²) in [5, 5.41) is 42.5. The first kappa shape index (κ1) is 20.6. The standard InChI is InChI=1S/C15H16O4S.C9H9NO.C2H6O2.CN.CH4.Na.H2S/c1-12-7-9-14(10-8-12)20(17,18)19-11-15(16)13-5-3-2-4-6-13;10-7-6-9(11)8-4-2-1-3-5-8;1-2-4-3;1-2;;;/h2-10,15-16H,11H2,1H3;1-5,9,11H,6H2;3H,2H2,1H3;;1H4;;1H2/q;;;-1;;+1;/t15-;9-;;;;;/m11...../s1/i2D,3D,4D,5D,6D,11D2,15D;1D,2D,3D,4D,5D,6D2,9D;;;;;. The quantitative estimate of drug-likeness (QED) is 0.113. The molecule has 3 N–H and O–H groups in total. The van der Waals surface area contributed by atoms with E-state index in [1.54, 1.807) is 13.8 Å². The maximum atomic E-state index is 12.3. The smallest absolute Gasteiger partial charge is 0.512 e. The molecular weight excluding hydrogens is 563 g/mol. The van der Waals surface area contributed by atoms with E-state index < -0.39 is 112 Å². The zero-order valence-electron chi connectivity index (χ0n) is 36.8. The molecule has 0 aromatic heterocycles. The summed E-state index contributed by atoms with van der Waals surface area (Å²) in [6.45, 7) is 4.84. The average molecular weight is 617 g/mol. The second kappa shape index (κ2) is 26.9. The molecule has 0 saturated heterocycles. The Kier molecular flexibility index (Phi) is 13.9. The van der Waals surface area contributed by atoms with Crippen LogP contribution in [0.4, 0.5) is 0 Å². The number of nitriles is 1. The van der Waals surface area contributed by atoms with E-state index in [0.717, 1.165) is 23.8 Å². The molecule has 0 fully saturated rings. The van der Waals surface area contributed by atoms with Gasteiger partial charge in [-0.2, -0.15) is 27.2 Å². The molecular formula is C28H37N2NaO7S2. The maximum absolute atomic E-state index is 12.3. The Hall–Kier alpha value is -2.26. The number of aliphatic hydroxyl groups is 2. The van der Waals surface area contributed by atoms with Crippen LogP contribution in [-0.2, 0) is 19.2 Å². The minimum atomic E-state index is -4.79. The Bertz CT molecular complexity index is 1910. The van der Waals surface area contributed by atoms with E-state index in [-0.39, 0.29) is 50.5 Å². The van der Waals surface area contributed by atoms with Gasteiger partial charge in [0.25, 0.3) is 10.1 Å². The summed E-state index contributed by atoms with van der Waals surface area (Å²) < 4.78 is 150. The van der Waals surface area contributed by atoms with Crippen LogP contribution in [0.15, 0.2) is 89.6 Å². The number of hydrogen-bond acceptors (Lipinski definition) is 9. The average Bonchev–Trinajstić information content (AvgIpc) is 3.08. The largest absolute Gasteiger partial charge is 1.00 e. The van der Waals surface area contributed by atoms with Crippen molar-refractivity contribution in [1.29, 1.82) is 10.5 Å². The summed E-state index contributed by atoms with van der Waals surface area (Å²) in [7, 11) is -4.79. The molecule has 12 heteroatoms. The van der Waals surface area contributed by atoms with Gasteiger partial charge in [-0.1, -0.05) is 85.5 Å². The molecule has 0 spiro atoms. The van der Waals surface area contributed by atoms with Gasteiger partial charge in [0.05, 0.1) is 55.8 Å². The molecule has 0 bridgehead atoms. The minimum Gasteiger partial charge on any atom is -0.512 e. The van der Waals surface area contributed by atoms with E-state index in [0.29, 0.717) is 6.61 Å². The van der Waals surface area contributed by atoms with Gasteiger partial charge in [-0.05, 0) is 37.1 Å². The van der Waals surface area contributed by atoms with E-state index in [9.17, 15) is 18.6 Å². The van der Waals surface area contributed by atoms with Gasteiger partial charge in [0, 0.05) is 2.74 Å². The first-order valence-corrected chi connectivity index (χ1v) is 11.0. The number of benzene rings is 3. The van der Waals surface area contributed by atoms with Crippen LogP contribution in [0.1, 0.15) is 71.5 Å². The summed E-state index contributed by atoms with van der Waals surface area (Å²) in [6, 6.07) is -2.77. The predicted octanol–water partition coefficient (Wildman–Crippen LogP) is 2.41. The van der Waals surface area contributed by atoms with Crippen LogP contribution in [0.5, 0.6) is 0 Å². The monoisotopic (exact) mass is 616 g/mol. The Morgan fingerprint density at radius 1 is 1.00 bits per heavy atom. The molecule has 3 rings (SSSR count). The fourth-order valence-electron chi connectivity index (χ4n) is 1.75. The molecule has 3 aromatic rings. The first-order chi connectivity index (χ1) is 24.0. The predicted molar refractivity (Wildman–Crippen MR) is 154 cm³/mol. The molecule has 0 heterocycles. The topological polar surface area (TPSA) is 161 Å². The zero-order chi connectivity index (χ0) is 42.2. The van der Waals surface area contributed by atoms with E-state index >= 15 is 0 Å².